The van der Waals surface area contributed by atoms with E-state index >= 15 is 0 Å². The predicted molar refractivity (Wildman–Crippen MR) is 122 cm³/mol. The van der Waals surface area contributed by atoms with Crippen molar-refractivity contribution < 1.29 is 0 Å². The first-order chi connectivity index (χ1) is 15.2. The van der Waals surface area contributed by atoms with E-state index < -0.39 is 0 Å². The maximum atomic E-state index is 4.68. The maximum absolute atomic E-state index is 4.68. The van der Waals surface area contributed by atoms with Gasteiger partial charge in [0.25, 0.3) is 0 Å². The molecule has 1 unspecified atom stereocenters. The van der Waals surface area contributed by atoms with Crippen LogP contribution in [-0.4, -0.2) is 30.0 Å². The second-order valence-electron chi connectivity index (χ2n) is 7.63. The smallest absolute Gasteiger partial charge is 0.113 e. The van der Waals surface area contributed by atoms with Crippen LogP contribution in [0.25, 0.3) is 28.2 Å². The highest BCUT2D eigenvalue weighted by Crippen LogP contribution is 2.22. The molecule has 4 aromatic rings. The SMILES string of the molecule is Cc1cccc(-c2cnn(C3=CC=CC(n4ncc(-c5cccc(C)c5)n4)C=C3)n2)c1. The maximum Gasteiger partial charge on any atom is 0.113 e. The zero-order valence-corrected chi connectivity index (χ0v) is 17.4. The second kappa shape index (κ2) is 7.99. The Kier molecular flexibility index (Phi) is 4.88. The van der Waals surface area contributed by atoms with Crippen molar-refractivity contribution in [3.05, 3.63) is 102 Å². The molecule has 2 aromatic carbocycles. The van der Waals surface area contributed by atoms with E-state index in [4.69, 9.17) is 0 Å². The average molecular weight is 406 g/mol. The van der Waals surface area contributed by atoms with E-state index in [1.54, 1.807) is 22.0 Å². The molecule has 0 saturated carbocycles. The number of hydrogen-bond donors (Lipinski definition) is 0. The third-order valence-corrected chi connectivity index (χ3v) is 5.17. The van der Waals surface area contributed by atoms with E-state index in [9.17, 15) is 0 Å². The summed E-state index contributed by atoms with van der Waals surface area (Å²) in [5, 5.41) is 18.3. The van der Waals surface area contributed by atoms with Crippen molar-refractivity contribution in [2.24, 2.45) is 0 Å². The molecule has 0 radical (unpaired) electrons. The summed E-state index contributed by atoms with van der Waals surface area (Å²) in [4.78, 5) is 3.37. The van der Waals surface area contributed by atoms with Crippen LogP contribution >= 0.6 is 0 Å². The Hall–Kier alpha value is -4.06. The van der Waals surface area contributed by atoms with E-state index in [1.807, 2.05) is 42.5 Å². The predicted octanol–water partition coefficient (Wildman–Crippen LogP) is 5.03. The number of benzene rings is 2. The molecule has 1 aliphatic rings. The summed E-state index contributed by atoms with van der Waals surface area (Å²) in [5.41, 5.74) is 7.11. The molecular formula is C25H22N6. The first-order valence-corrected chi connectivity index (χ1v) is 10.2. The Morgan fingerprint density at radius 2 is 1.45 bits per heavy atom. The van der Waals surface area contributed by atoms with Gasteiger partial charge in [0.15, 0.2) is 0 Å². The molecule has 1 aliphatic carbocycles. The van der Waals surface area contributed by atoms with E-state index in [2.05, 4.69) is 70.7 Å². The summed E-state index contributed by atoms with van der Waals surface area (Å²) in [5.74, 6) is 0. The summed E-state index contributed by atoms with van der Waals surface area (Å²) in [6.07, 6.45) is 13.7. The van der Waals surface area contributed by atoms with Gasteiger partial charge in [-0.2, -0.15) is 24.9 Å². The zero-order chi connectivity index (χ0) is 21.2. The number of hydrogen-bond acceptors (Lipinski definition) is 4. The Balaban J connectivity index is 1.36. The molecule has 0 fully saturated rings. The molecular weight excluding hydrogens is 384 g/mol. The van der Waals surface area contributed by atoms with Crippen LogP contribution in [0.1, 0.15) is 17.2 Å². The third-order valence-electron chi connectivity index (χ3n) is 5.17. The molecule has 0 amide bonds. The van der Waals surface area contributed by atoms with Crippen LogP contribution in [0.2, 0.25) is 0 Å². The number of rotatable bonds is 4. The van der Waals surface area contributed by atoms with Crippen molar-refractivity contribution >= 4 is 5.70 Å². The van der Waals surface area contributed by atoms with Crippen LogP contribution in [0.5, 0.6) is 0 Å². The van der Waals surface area contributed by atoms with Gasteiger partial charge in [-0.25, -0.2) is 0 Å². The van der Waals surface area contributed by atoms with Crippen molar-refractivity contribution in [3.8, 4) is 22.5 Å². The molecule has 152 valence electrons. The van der Waals surface area contributed by atoms with Crippen molar-refractivity contribution in [2.45, 2.75) is 19.9 Å². The molecule has 0 aliphatic heterocycles. The molecule has 5 rings (SSSR count). The average Bonchev–Trinajstić information content (AvgIpc) is 3.40. The largest absolute Gasteiger partial charge is 0.173 e. The lowest BCUT2D eigenvalue weighted by atomic mass is 10.1. The summed E-state index contributed by atoms with van der Waals surface area (Å²) in [6, 6.07) is 16.4. The Morgan fingerprint density at radius 1 is 0.774 bits per heavy atom. The molecule has 1 atom stereocenters. The highest BCUT2D eigenvalue weighted by molar-refractivity contribution is 5.63. The van der Waals surface area contributed by atoms with Crippen molar-refractivity contribution in [3.63, 3.8) is 0 Å². The third kappa shape index (κ3) is 4.00. The van der Waals surface area contributed by atoms with Gasteiger partial charge in [0, 0.05) is 11.1 Å². The fourth-order valence-electron chi connectivity index (χ4n) is 3.55. The lowest BCUT2D eigenvalue weighted by Crippen LogP contribution is -2.07. The van der Waals surface area contributed by atoms with Gasteiger partial charge in [-0.05, 0) is 38.1 Å². The first kappa shape index (κ1) is 18.9. The van der Waals surface area contributed by atoms with E-state index in [-0.39, 0.29) is 6.04 Å². The van der Waals surface area contributed by atoms with Gasteiger partial charge in [0.1, 0.15) is 17.4 Å². The standard InChI is InChI=1S/C25H22N6/c1-18-6-3-8-20(14-18)24-16-26-30(28-24)22-10-5-11-23(13-12-22)31-27-17-25(29-31)21-9-4-7-19(2)15-21/h3-17,22H,1-2H3. The molecule has 31 heavy (non-hydrogen) atoms. The molecule has 2 aromatic heterocycles. The van der Waals surface area contributed by atoms with Crippen LogP contribution in [0.4, 0.5) is 0 Å². The van der Waals surface area contributed by atoms with E-state index in [1.165, 1.54) is 11.1 Å². The fraction of sp³-hybridized carbons (Fsp3) is 0.120. The minimum absolute atomic E-state index is 0.0842. The summed E-state index contributed by atoms with van der Waals surface area (Å²) in [7, 11) is 0. The monoisotopic (exact) mass is 406 g/mol. The molecule has 2 heterocycles. The number of nitrogens with zero attached hydrogens (tertiary/aromatic N) is 6. The van der Waals surface area contributed by atoms with E-state index in [0.717, 1.165) is 28.2 Å². The van der Waals surface area contributed by atoms with Gasteiger partial charge in [-0.3, -0.25) is 0 Å². The topological polar surface area (TPSA) is 61.4 Å². The second-order valence-corrected chi connectivity index (χ2v) is 7.63. The van der Waals surface area contributed by atoms with Gasteiger partial charge in [0.05, 0.1) is 18.1 Å². The first-order valence-electron chi connectivity index (χ1n) is 10.2. The quantitative estimate of drug-likeness (QED) is 0.477. The van der Waals surface area contributed by atoms with Crippen molar-refractivity contribution in [1.82, 2.24) is 30.0 Å². The lowest BCUT2D eigenvalue weighted by molar-refractivity contribution is 0.544. The molecule has 0 saturated heterocycles. The van der Waals surface area contributed by atoms with Gasteiger partial charge in [-0.15, -0.1) is 5.10 Å². The van der Waals surface area contributed by atoms with Gasteiger partial charge in [0.2, 0.25) is 0 Å². The molecule has 0 bridgehead atoms. The van der Waals surface area contributed by atoms with Crippen molar-refractivity contribution in [2.75, 3.05) is 0 Å². The Bertz CT molecular complexity index is 1320. The molecule has 6 nitrogen and oxygen atoms in total. The molecule has 0 spiro atoms. The van der Waals surface area contributed by atoms with Crippen LogP contribution in [0.15, 0.2) is 91.3 Å². The number of aryl methyl sites for hydroxylation is 2. The molecule has 0 N–H and O–H groups in total. The van der Waals surface area contributed by atoms with E-state index in [0.29, 0.717) is 0 Å². The summed E-state index contributed by atoms with van der Waals surface area (Å²) in [6.45, 7) is 4.15. The van der Waals surface area contributed by atoms with Gasteiger partial charge >= 0.3 is 0 Å². The van der Waals surface area contributed by atoms with Crippen LogP contribution in [0, 0.1) is 13.8 Å². The highest BCUT2D eigenvalue weighted by Gasteiger charge is 2.12. The summed E-state index contributed by atoms with van der Waals surface area (Å²) < 4.78 is 0. The van der Waals surface area contributed by atoms with Crippen molar-refractivity contribution in [1.29, 1.82) is 0 Å². The lowest BCUT2D eigenvalue weighted by Gasteiger charge is -2.05. The highest BCUT2D eigenvalue weighted by atomic mass is 15.5. The van der Waals surface area contributed by atoms with Gasteiger partial charge in [-0.1, -0.05) is 65.8 Å². The van der Waals surface area contributed by atoms with Crippen LogP contribution in [0.3, 0.4) is 0 Å². The summed E-state index contributed by atoms with van der Waals surface area (Å²) >= 11 is 0. The fourth-order valence-corrected chi connectivity index (χ4v) is 3.55. The normalized spacial score (nSPS) is 15.7. The minimum atomic E-state index is -0.0842. The van der Waals surface area contributed by atoms with Gasteiger partial charge < -0.3 is 0 Å². The Labute approximate surface area is 180 Å². The number of aromatic nitrogens is 6. The van der Waals surface area contributed by atoms with Crippen LogP contribution < -0.4 is 0 Å². The minimum Gasteiger partial charge on any atom is -0.173 e. The molecule has 6 heteroatoms. The van der Waals surface area contributed by atoms with Crippen LogP contribution in [-0.2, 0) is 0 Å². The number of allylic oxidation sites excluding steroid dienone is 6. The zero-order valence-electron chi connectivity index (χ0n) is 17.4. The Morgan fingerprint density at radius 3 is 2.16 bits per heavy atom.